The fourth-order valence-electron chi connectivity index (χ4n) is 4.02. The van der Waals surface area contributed by atoms with Crippen molar-refractivity contribution in [1.29, 1.82) is 0 Å². The predicted molar refractivity (Wildman–Crippen MR) is 103 cm³/mol. The first-order chi connectivity index (χ1) is 12.5. The zero-order chi connectivity index (χ0) is 18.5. The van der Waals surface area contributed by atoms with Gasteiger partial charge >= 0.3 is 0 Å². The first-order valence-electron chi connectivity index (χ1n) is 9.89. The molecule has 0 aliphatic carbocycles. The van der Waals surface area contributed by atoms with Crippen LogP contribution < -0.4 is 5.32 Å². The molecule has 1 N–H and O–H groups in total. The number of carbonyl (C=O) groups excluding carboxylic acids is 2. The van der Waals surface area contributed by atoms with Crippen molar-refractivity contribution in [2.45, 2.75) is 33.1 Å². The molecule has 2 amide bonds. The third kappa shape index (κ3) is 4.64. The molecule has 0 bridgehead atoms. The number of benzene rings is 1. The van der Waals surface area contributed by atoms with Gasteiger partial charge in [0, 0.05) is 38.2 Å². The standard InChI is InChI=1S/C21H31N3O2/c1-16-3-5-19(6-4-16)21(26)24-13-11-23(12-14-24)20(25)15-17(2)18-7-9-22-10-8-18/h3-6,17-18,22H,7-15H2,1-2H3. The highest BCUT2D eigenvalue weighted by Gasteiger charge is 2.28. The van der Waals surface area contributed by atoms with Crippen LogP contribution >= 0.6 is 0 Å². The molecule has 1 aromatic carbocycles. The van der Waals surface area contributed by atoms with E-state index < -0.39 is 0 Å². The summed E-state index contributed by atoms with van der Waals surface area (Å²) >= 11 is 0. The minimum Gasteiger partial charge on any atom is -0.339 e. The van der Waals surface area contributed by atoms with Crippen molar-refractivity contribution >= 4 is 11.8 Å². The topological polar surface area (TPSA) is 52.7 Å². The van der Waals surface area contributed by atoms with Gasteiger partial charge in [0.1, 0.15) is 0 Å². The van der Waals surface area contributed by atoms with Crippen LogP contribution in [-0.4, -0.2) is 60.9 Å². The molecule has 2 fully saturated rings. The Hall–Kier alpha value is -1.88. The third-order valence-corrected chi connectivity index (χ3v) is 5.90. The summed E-state index contributed by atoms with van der Waals surface area (Å²) in [7, 11) is 0. The lowest BCUT2D eigenvalue weighted by Gasteiger charge is -2.36. The van der Waals surface area contributed by atoms with Crippen LogP contribution in [0, 0.1) is 18.8 Å². The van der Waals surface area contributed by atoms with Crippen LogP contribution in [-0.2, 0) is 4.79 Å². The molecule has 1 unspecified atom stereocenters. The monoisotopic (exact) mass is 357 g/mol. The Morgan fingerprint density at radius 2 is 1.62 bits per heavy atom. The maximum Gasteiger partial charge on any atom is 0.253 e. The minimum atomic E-state index is 0.0696. The Bertz CT molecular complexity index is 615. The smallest absolute Gasteiger partial charge is 0.253 e. The van der Waals surface area contributed by atoms with Crippen LogP contribution in [0.15, 0.2) is 24.3 Å². The molecule has 1 atom stereocenters. The zero-order valence-electron chi connectivity index (χ0n) is 16.0. The van der Waals surface area contributed by atoms with Crippen molar-refractivity contribution in [3.05, 3.63) is 35.4 Å². The highest BCUT2D eigenvalue weighted by Crippen LogP contribution is 2.25. The molecule has 2 aliphatic heterocycles. The third-order valence-electron chi connectivity index (χ3n) is 5.90. The quantitative estimate of drug-likeness (QED) is 0.900. The molecular weight excluding hydrogens is 326 g/mol. The molecule has 5 nitrogen and oxygen atoms in total. The van der Waals surface area contributed by atoms with E-state index >= 15 is 0 Å². The van der Waals surface area contributed by atoms with Gasteiger partial charge in [-0.1, -0.05) is 24.6 Å². The number of hydrogen-bond donors (Lipinski definition) is 1. The van der Waals surface area contributed by atoms with Gasteiger partial charge in [-0.3, -0.25) is 9.59 Å². The largest absolute Gasteiger partial charge is 0.339 e. The van der Waals surface area contributed by atoms with Gasteiger partial charge in [-0.25, -0.2) is 0 Å². The number of aryl methyl sites for hydroxylation is 1. The normalized spacial score (nSPS) is 20.1. The summed E-state index contributed by atoms with van der Waals surface area (Å²) in [5.74, 6) is 1.42. The van der Waals surface area contributed by atoms with Crippen molar-refractivity contribution in [1.82, 2.24) is 15.1 Å². The number of amides is 2. The lowest BCUT2D eigenvalue weighted by molar-refractivity contribution is -0.134. The van der Waals surface area contributed by atoms with E-state index in [-0.39, 0.29) is 11.8 Å². The Morgan fingerprint density at radius 1 is 1.04 bits per heavy atom. The number of piperazine rings is 1. The highest BCUT2D eigenvalue weighted by atomic mass is 16.2. The summed E-state index contributed by atoms with van der Waals surface area (Å²) in [6, 6.07) is 7.70. The van der Waals surface area contributed by atoms with E-state index in [0.717, 1.165) is 24.2 Å². The highest BCUT2D eigenvalue weighted by molar-refractivity contribution is 5.94. The van der Waals surface area contributed by atoms with Crippen LogP contribution in [0.5, 0.6) is 0 Å². The summed E-state index contributed by atoms with van der Waals surface area (Å²) in [5, 5.41) is 3.39. The molecule has 0 aromatic heterocycles. The average Bonchev–Trinajstić information content (AvgIpc) is 2.69. The van der Waals surface area contributed by atoms with Gasteiger partial charge in [-0.2, -0.15) is 0 Å². The molecule has 5 heteroatoms. The van der Waals surface area contributed by atoms with Crippen LogP contribution in [0.2, 0.25) is 0 Å². The van der Waals surface area contributed by atoms with Crippen LogP contribution in [0.4, 0.5) is 0 Å². The predicted octanol–water partition coefficient (Wildman–Crippen LogP) is 2.31. The number of nitrogens with one attached hydrogen (secondary N) is 1. The zero-order valence-corrected chi connectivity index (χ0v) is 16.0. The Labute approximate surface area is 156 Å². The molecule has 0 spiro atoms. The van der Waals surface area contributed by atoms with E-state index in [2.05, 4.69) is 12.2 Å². The van der Waals surface area contributed by atoms with E-state index in [1.807, 2.05) is 41.0 Å². The molecule has 2 saturated heterocycles. The summed E-state index contributed by atoms with van der Waals surface area (Å²) in [5.41, 5.74) is 1.88. The molecule has 142 valence electrons. The molecule has 26 heavy (non-hydrogen) atoms. The van der Waals surface area contributed by atoms with E-state index in [1.54, 1.807) is 0 Å². The minimum absolute atomic E-state index is 0.0696. The van der Waals surface area contributed by atoms with Gasteiger partial charge in [0.2, 0.25) is 5.91 Å². The number of rotatable bonds is 4. The van der Waals surface area contributed by atoms with Crippen molar-refractivity contribution in [2.75, 3.05) is 39.3 Å². The molecule has 2 aliphatic rings. The van der Waals surface area contributed by atoms with Crippen molar-refractivity contribution in [2.24, 2.45) is 11.8 Å². The maximum absolute atomic E-state index is 12.6. The van der Waals surface area contributed by atoms with Gasteiger partial charge in [0.05, 0.1) is 0 Å². The Kier molecular flexibility index (Phi) is 6.30. The number of hydrogen-bond acceptors (Lipinski definition) is 3. The number of carbonyl (C=O) groups is 2. The molecule has 3 rings (SSSR count). The number of piperidine rings is 1. The van der Waals surface area contributed by atoms with Gasteiger partial charge in [-0.15, -0.1) is 0 Å². The maximum atomic E-state index is 12.6. The lowest BCUT2D eigenvalue weighted by atomic mass is 9.84. The van der Waals surface area contributed by atoms with Crippen molar-refractivity contribution in [3.8, 4) is 0 Å². The van der Waals surface area contributed by atoms with E-state index in [0.29, 0.717) is 44.4 Å². The Morgan fingerprint density at radius 3 is 2.23 bits per heavy atom. The number of nitrogens with zero attached hydrogens (tertiary/aromatic N) is 2. The molecule has 2 heterocycles. The van der Waals surface area contributed by atoms with Crippen LogP contribution in [0.1, 0.15) is 42.1 Å². The fraction of sp³-hybridized carbons (Fsp3) is 0.619. The van der Waals surface area contributed by atoms with E-state index in [9.17, 15) is 9.59 Å². The van der Waals surface area contributed by atoms with Crippen molar-refractivity contribution < 1.29 is 9.59 Å². The fourth-order valence-corrected chi connectivity index (χ4v) is 4.02. The summed E-state index contributed by atoms with van der Waals surface area (Å²) < 4.78 is 0. The molecular formula is C21H31N3O2. The first-order valence-corrected chi connectivity index (χ1v) is 9.89. The van der Waals surface area contributed by atoms with E-state index in [4.69, 9.17) is 0 Å². The van der Waals surface area contributed by atoms with Gasteiger partial charge in [0.15, 0.2) is 0 Å². The van der Waals surface area contributed by atoms with Gasteiger partial charge in [-0.05, 0) is 56.8 Å². The van der Waals surface area contributed by atoms with Gasteiger partial charge < -0.3 is 15.1 Å². The second kappa shape index (κ2) is 8.67. The summed E-state index contributed by atoms with van der Waals surface area (Å²) in [4.78, 5) is 29.0. The van der Waals surface area contributed by atoms with E-state index in [1.165, 1.54) is 12.8 Å². The van der Waals surface area contributed by atoms with Crippen LogP contribution in [0.25, 0.3) is 0 Å². The van der Waals surface area contributed by atoms with Crippen LogP contribution in [0.3, 0.4) is 0 Å². The average molecular weight is 357 g/mol. The second-order valence-corrected chi connectivity index (χ2v) is 7.81. The molecule has 0 radical (unpaired) electrons. The summed E-state index contributed by atoms with van der Waals surface area (Å²) in [6.45, 7) is 8.92. The SMILES string of the molecule is Cc1ccc(C(=O)N2CCN(C(=O)CC(C)C3CCNCC3)CC2)cc1. The second-order valence-electron chi connectivity index (χ2n) is 7.81. The Balaban J connectivity index is 1.47. The molecule has 0 saturated carbocycles. The summed E-state index contributed by atoms with van der Waals surface area (Å²) in [6.07, 6.45) is 2.98. The lowest BCUT2D eigenvalue weighted by Crippen LogP contribution is -2.51. The molecule has 1 aromatic rings. The van der Waals surface area contributed by atoms with Gasteiger partial charge in [0.25, 0.3) is 5.91 Å². The first kappa shape index (κ1) is 18.9. The van der Waals surface area contributed by atoms with Crippen molar-refractivity contribution in [3.63, 3.8) is 0 Å².